The highest BCUT2D eigenvalue weighted by Crippen LogP contribution is 2.53. The summed E-state index contributed by atoms with van der Waals surface area (Å²) in [5.74, 6) is 0. The first-order chi connectivity index (χ1) is 29.3. The van der Waals surface area contributed by atoms with Crippen molar-refractivity contribution in [3.8, 4) is 44.8 Å². The minimum absolute atomic E-state index is 0.124. The van der Waals surface area contributed by atoms with Gasteiger partial charge in [-0.15, -0.1) is 0 Å². The number of fused-ring (bicyclic) bond motifs is 12. The second kappa shape index (κ2) is 12.1. The first-order valence-corrected chi connectivity index (χ1v) is 21.0. The number of nitrogens with zero attached hydrogens (tertiary/aromatic N) is 2. The topological polar surface area (TPSA) is 9.86 Å². The molecule has 10 aromatic rings. The number of aromatic nitrogens is 2. The fraction of sp³-hybridized carbons (Fsp3) is 0.143. The maximum Gasteiger partial charge on any atom is 0.418 e. The summed E-state index contributed by atoms with van der Waals surface area (Å²) in [5.41, 5.74) is 17.0. The SMILES string of the molecule is Cc1ccccc1-n1c2ccc(-c3ccc4c(c3)c3cc5c(cc3n4-c3ccccc3C(F)(F)F)C(C)(C)c3ccccc3-5)cc2c2cc3c(cc21)C(C)(C)c1ccccc1-3. The highest BCUT2D eigenvalue weighted by atomic mass is 19.4. The zero-order chi connectivity index (χ0) is 41.7. The molecule has 0 atom stereocenters. The van der Waals surface area contributed by atoms with Gasteiger partial charge in [-0.3, -0.25) is 0 Å². The monoisotopic (exact) mass is 798 g/mol. The van der Waals surface area contributed by atoms with E-state index < -0.39 is 11.7 Å². The van der Waals surface area contributed by atoms with E-state index in [0.29, 0.717) is 0 Å². The van der Waals surface area contributed by atoms with Gasteiger partial charge in [0.2, 0.25) is 0 Å². The van der Waals surface area contributed by atoms with Gasteiger partial charge >= 0.3 is 6.18 Å². The summed E-state index contributed by atoms with van der Waals surface area (Å²) in [4.78, 5) is 0. The number of halogens is 3. The van der Waals surface area contributed by atoms with Gasteiger partial charge in [-0.1, -0.05) is 119 Å². The average molecular weight is 799 g/mol. The fourth-order valence-electron chi connectivity index (χ4n) is 11.0. The molecule has 0 N–H and O–H groups in total. The molecule has 2 aromatic heterocycles. The van der Waals surface area contributed by atoms with E-state index in [-0.39, 0.29) is 16.5 Å². The molecule has 0 aliphatic heterocycles. The molecule has 12 rings (SSSR count). The molecule has 61 heavy (non-hydrogen) atoms. The summed E-state index contributed by atoms with van der Waals surface area (Å²) in [7, 11) is 0. The van der Waals surface area contributed by atoms with Crippen LogP contribution < -0.4 is 0 Å². The molecule has 0 radical (unpaired) electrons. The van der Waals surface area contributed by atoms with Crippen LogP contribution in [0.25, 0.3) is 88.4 Å². The number of rotatable bonds is 3. The van der Waals surface area contributed by atoms with Gasteiger partial charge in [0, 0.05) is 38.1 Å². The Bertz CT molecular complexity index is 3540. The lowest BCUT2D eigenvalue weighted by molar-refractivity contribution is -0.137. The third kappa shape index (κ3) is 4.86. The second-order valence-corrected chi connectivity index (χ2v) is 18.1. The van der Waals surface area contributed by atoms with Crippen LogP contribution in [0.15, 0.2) is 158 Å². The van der Waals surface area contributed by atoms with Crippen molar-refractivity contribution in [3.05, 3.63) is 191 Å². The lowest BCUT2D eigenvalue weighted by Gasteiger charge is -2.22. The molecule has 296 valence electrons. The lowest BCUT2D eigenvalue weighted by atomic mass is 9.82. The zero-order valence-electron chi connectivity index (χ0n) is 34.5. The van der Waals surface area contributed by atoms with Crippen LogP contribution in [0.2, 0.25) is 0 Å². The number of hydrogen-bond acceptors (Lipinski definition) is 0. The standard InChI is InChI=1S/C56H41F3N2/c1-32-14-6-12-20-48(32)60-49-24-22-33(26-39(49)41-28-37-35-15-7-9-17-43(35)54(2,3)46(37)30-52(41)60)34-23-25-50-40(27-34)42-29-38-36-16-8-10-18-44(36)55(4,5)47(38)31-53(42)61(50)51-21-13-11-19-45(51)56(57,58)59/h6-31H,1-5H3. The Morgan fingerprint density at radius 2 is 0.820 bits per heavy atom. The Balaban J connectivity index is 1.13. The normalized spacial score (nSPS) is 14.8. The van der Waals surface area contributed by atoms with Crippen LogP contribution in [0.4, 0.5) is 13.2 Å². The maximum absolute atomic E-state index is 14.8. The minimum atomic E-state index is -4.53. The number of benzene rings is 8. The molecule has 0 saturated heterocycles. The van der Waals surface area contributed by atoms with Gasteiger partial charge in [-0.25, -0.2) is 0 Å². The predicted molar refractivity (Wildman–Crippen MR) is 245 cm³/mol. The Morgan fingerprint density at radius 1 is 0.393 bits per heavy atom. The van der Waals surface area contributed by atoms with Crippen LogP contribution in [0.3, 0.4) is 0 Å². The first-order valence-electron chi connectivity index (χ1n) is 21.0. The van der Waals surface area contributed by atoms with E-state index in [2.05, 4.69) is 167 Å². The number of aryl methyl sites for hydroxylation is 1. The predicted octanol–water partition coefficient (Wildman–Crippen LogP) is 15.5. The number of para-hydroxylation sites is 2. The van der Waals surface area contributed by atoms with E-state index in [4.69, 9.17) is 0 Å². The van der Waals surface area contributed by atoms with Crippen molar-refractivity contribution in [2.45, 2.75) is 51.6 Å². The van der Waals surface area contributed by atoms with Crippen LogP contribution >= 0.6 is 0 Å². The molecule has 0 bridgehead atoms. The minimum Gasteiger partial charge on any atom is -0.309 e. The molecule has 2 aliphatic rings. The van der Waals surface area contributed by atoms with Crippen LogP contribution in [-0.4, -0.2) is 9.13 Å². The van der Waals surface area contributed by atoms with Gasteiger partial charge in [0.1, 0.15) is 0 Å². The molecule has 8 aromatic carbocycles. The Morgan fingerprint density at radius 3 is 1.33 bits per heavy atom. The summed E-state index contributed by atoms with van der Waals surface area (Å²) >= 11 is 0. The molecular weight excluding hydrogens is 758 g/mol. The molecule has 0 spiro atoms. The summed E-state index contributed by atoms with van der Waals surface area (Å²) in [6.07, 6.45) is -4.53. The van der Waals surface area contributed by atoms with Gasteiger partial charge in [-0.2, -0.15) is 13.2 Å². The summed E-state index contributed by atoms with van der Waals surface area (Å²) in [6.45, 7) is 11.2. The van der Waals surface area contributed by atoms with Crippen molar-refractivity contribution in [2.24, 2.45) is 0 Å². The van der Waals surface area contributed by atoms with Crippen molar-refractivity contribution in [1.82, 2.24) is 9.13 Å². The molecule has 2 nitrogen and oxygen atoms in total. The van der Waals surface area contributed by atoms with E-state index in [1.165, 1.54) is 62.0 Å². The van der Waals surface area contributed by atoms with E-state index in [1.54, 1.807) is 12.1 Å². The lowest BCUT2D eigenvalue weighted by Crippen LogP contribution is -2.15. The van der Waals surface area contributed by atoms with E-state index >= 15 is 0 Å². The Kier molecular flexibility index (Phi) is 7.17. The van der Waals surface area contributed by atoms with Gasteiger partial charge in [-0.05, 0) is 135 Å². The second-order valence-electron chi connectivity index (χ2n) is 18.1. The molecule has 0 unspecified atom stereocenters. The third-order valence-electron chi connectivity index (χ3n) is 14.1. The zero-order valence-corrected chi connectivity index (χ0v) is 34.5. The third-order valence-corrected chi connectivity index (χ3v) is 14.1. The van der Waals surface area contributed by atoms with Crippen LogP contribution in [-0.2, 0) is 17.0 Å². The number of hydrogen-bond donors (Lipinski definition) is 0. The number of alkyl halides is 3. The molecule has 0 fully saturated rings. The fourth-order valence-corrected chi connectivity index (χ4v) is 11.0. The molecule has 2 aliphatic carbocycles. The average Bonchev–Trinajstić information content (AvgIpc) is 3.90. The summed E-state index contributed by atoms with van der Waals surface area (Å²) < 4.78 is 48.6. The van der Waals surface area contributed by atoms with Crippen molar-refractivity contribution in [3.63, 3.8) is 0 Å². The van der Waals surface area contributed by atoms with Gasteiger partial charge in [0.05, 0.1) is 33.3 Å². The van der Waals surface area contributed by atoms with Gasteiger partial charge in [0.25, 0.3) is 0 Å². The van der Waals surface area contributed by atoms with Crippen LogP contribution in [0.5, 0.6) is 0 Å². The Labute approximate surface area is 352 Å². The van der Waals surface area contributed by atoms with Crippen molar-refractivity contribution >= 4 is 43.6 Å². The largest absolute Gasteiger partial charge is 0.418 e. The molecule has 5 heteroatoms. The van der Waals surface area contributed by atoms with E-state index in [0.717, 1.165) is 60.6 Å². The maximum atomic E-state index is 14.8. The van der Waals surface area contributed by atoms with Crippen molar-refractivity contribution < 1.29 is 13.2 Å². The van der Waals surface area contributed by atoms with Gasteiger partial charge in [0.15, 0.2) is 0 Å². The molecular formula is C56H41F3N2. The van der Waals surface area contributed by atoms with E-state index in [9.17, 15) is 13.2 Å². The quantitative estimate of drug-likeness (QED) is 0.168. The smallest absolute Gasteiger partial charge is 0.309 e. The molecule has 0 saturated carbocycles. The van der Waals surface area contributed by atoms with Crippen LogP contribution in [0.1, 0.15) is 61.1 Å². The van der Waals surface area contributed by atoms with Gasteiger partial charge < -0.3 is 9.13 Å². The van der Waals surface area contributed by atoms with Crippen molar-refractivity contribution in [2.75, 3.05) is 0 Å². The first kappa shape index (κ1) is 36.0. The molecule has 2 heterocycles. The van der Waals surface area contributed by atoms with Crippen LogP contribution in [0, 0.1) is 6.92 Å². The molecule has 0 amide bonds. The van der Waals surface area contributed by atoms with E-state index in [1.807, 2.05) is 10.6 Å². The summed E-state index contributed by atoms with van der Waals surface area (Å²) in [5, 5.41) is 4.17. The Hall–Kier alpha value is -6.85. The highest BCUT2D eigenvalue weighted by molar-refractivity contribution is 6.15. The highest BCUT2D eigenvalue weighted by Gasteiger charge is 2.39. The van der Waals surface area contributed by atoms with Crippen molar-refractivity contribution in [1.29, 1.82) is 0 Å². The summed E-state index contributed by atoms with van der Waals surface area (Å²) in [6, 6.07) is 53.9.